The summed E-state index contributed by atoms with van der Waals surface area (Å²) in [5, 5.41) is 6.09. The quantitative estimate of drug-likeness (QED) is 0.798. The monoisotopic (exact) mass is 337 g/mol. The third kappa shape index (κ3) is 5.22. The van der Waals surface area contributed by atoms with Crippen molar-refractivity contribution in [1.29, 1.82) is 0 Å². The number of amides is 2. The van der Waals surface area contributed by atoms with Gasteiger partial charge in [0.05, 0.1) is 6.54 Å². The van der Waals surface area contributed by atoms with E-state index in [2.05, 4.69) is 10.6 Å². The number of nitrogens with zero attached hydrogens (tertiary/aromatic N) is 1. The van der Waals surface area contributed by atoms with Crippen molar-refractivity contribution in [3.8, 4) is 0 Å². The minimum Gasteiger partial charge on any atom is -0.351 e. The highest BCUT2D eigenvalue weighted by Crippen LogP contribution is 2.27. The molecule has 2 aliphatic rings. The van der Waals surface area contributed by atoms with E-state index in [-0.39, 0.29) is 24.2 Å². The molecule has 0 bridgehead atoms. The molecular weight excluding hydrogens is 314 g/mol. The normalized spacial score (nSPS) is 17.0. The van der Waals surface area contributed by atoms with Gasteiger partial charge in [0.15, 0.2) is 0 Å². The lowest BCUT2D eigenvalue weighted by Gasteiger charge is -2.16. The van der Waals surface area contributed by atoms with Crippen molar-refractivity contribution >= 4 is 29.9 Å². The molecule has 23 heavy (non-hydrogen) atoms. The van der Waals surface area contributed by atoms with Crippen LogP contribution in [0, 0.1) is 5.92 Å². The first kappa shape index (κ1) is 17.8. The van der Waals surface area contributed by atoms with Crippen LogP contribution in [0.3, 0.4) is 0 Å². The lowest BCUT2D eigenvalue weighted by Crippen LogP contribution is -2.34. The molecule has 1 saturated heterocycles. The molecule has 126 valence electrons. The van der Waals surface area contributed by atoms with Gasteiger partial charge in [-0.25, -0.2) is 0 Å². The first-order valence-corrected chi connectivity index (χ1v) is 8.09. The summed E-state index contributed by atoms with van der Waals surface area (Å²) < 4.78 is 0. The minimum absolute atomic E-state index is 0. The molecule has 2 N–H and O–H groups in total. The van der Waals surface area contributed by atoms with Crippen molar-refractivity contribution in [3.63, 3.8) is 0 Å². The van der Waals surface area contributed by atoms with Crippen LogP contribution in [0.1, 0.15) is 31.2 Å². The predicted octanol–water partition coefficient (Wildman–Crippen LogP) is 1.85. The topological polar surface area (TPSA) is 61.4 Å². The zero-order valence-corrected chi connectivity index (χ0v) is 14.0. The molecule has 1 aliphatic carbocycles. The van der Waals surface area contributed by atoms with Gasteiger partial charge in [-0.1, -0.05) is 12.1 Å². The smallest absolute Gasteiger partial charge is 0.234 e. The van der Waals surface area contributed by atoms with Gasteiger partial charge in [-0.05, 0) is 49.4 Å². The number of nitrogens with one attached hydrogen (secondary N) is 2. The van der Waals surface area contributed by atoms with Crippen LogP contribution in [0.15, 0.2) is 24.3 Å². The van der Waals surface area contributed by atoms with E-state index in [9.17, 15) is 9.59 Å². The third-order valence-corrected chi connectivity index (χ3v) is 4.23. The Morgan fingerprint density at radius 2 is 1.96 bits per heavy atom. The minimum atomic E-state index is 0. The van der Waals surface area contributed by atoms with E-state index in [1.165, 1.54) is 12.8 Å². The molecule has 0 unspecified atom stereocenters. The van der Waals surface area contributed by atoms with E-state index in [0.717, 1.165) is 36.7 Å². The van der Waals surface area contributed by atoms with Crippen molar-refractivity contribution in [2.45, 2.75) is 32.2 Å². The molecule has 0 spiro atoms. The maximum absolute atomic E-state index is 11.7. The molecule has 1 saturated carbocycles. The number of benzene rings is 1. The zero-order chi connectivity index (χ0) is 15.4. The summed E-state index contributed by atoms with van der Waals surface area (Å²) in [7, 11) is 0. The summed E-state index contributed by atoms with van der Waals surface area (Å²) in [4.78, 5) is 25.2. The van der Waals surface area contributed by atoms with Gasteiger partial charge in [-0.15, -0.1) is 12.4 Å². The summed E-state index contributed by atoms with van der Waals surface area (Å²) >= 11 is 0. The molecule has 3 rings (SSSR count). The van der Waals surface area contributed by atoms with Crippen molar-refractivity contribution in [2.24, 2.45) is 5.92 Å². The number of carbonyl (C=O) groups is 2. The van der Waals surface area contributed by atoms with Gasteiger partial charge in [0.1, 0.15) is 0 Å². The van der Waals surface area contributed by atoms with Crippen LogP contribution in [0.5, 0.6) is 0 Å². The zero-order valence-electron chi connectivity index (χ0n) is 13.2. The number of rotatable bonds is 7. The summed E-state index contributed by atoms with van der Waals surface area (Å²) in [5.74, 6) is 1.01. The maximum atomic E-state index is 11.7. The Labute approximate surface area is 143 Å². The highest BCUT2D eigenvalue weighted by atomic mass is 35.5. The molecule has 1 aliphatic heterocycles. The van der Waals surface area contributed by atoms with Gasteiger partial charge in [0, 0.05) is 25.2 Å². The van der Waals surface area contributed by atoms with E-state index in [1.54, 1.807) is 0 Å². The Balaban J connectivity index is 0.00000192. The standard InChI is InChI=1S/C17H23N3O2.ClH/c21-16(12-18-10-13-3-4-13)19-11-14-5-7-15(8-6-14)20-9-1-2-17(20)22;/h5-8,13,18H,1-4,9-12H2,(H,19,21);1H. The van der Waals surface area contributed by atoms with Gasteiger partial charge >= 0.3 is 0 Å². The molecular formula is C17H24ClN3O2. The van der Waals surface area contributed by atoms with Crippen LogP contribution in [0.25, 0.3) is 0 Å². The molecule has 2 amide bonds. The van der Waals surface area contributed by atoms with Gasteiger partial charge < -0.3 is 15.5 Å². The average molecular weight is 338 g/mol. The van der Waals surface area contributed by atoms with Crippen LogP contribution in [-0.2, 0) is 16.1 Å². The second-order valence-electron chi connectivity index (χ2n) is 6.17. The predicted molar refractivity (Wildman–Crippen MR) is 92.7 cm³/mol. The Kier molecular flexibility index (Phi) is 6.42. The van der Waals surface area contributed by atoms with Crippen molar-refractivity contribution in [1.82, 2.24) is 10.6 Å². The number of anilines is 1. The second-order valence-corrected chi connectivity index (χ2v) is 6.17. The molecule has 2 fully saturated rings. The SMILES string of the molecule is Cl.O=C(CNCC1CC1)NCc1ccc(N2CCCC2=O)cc1. The number of hydrogen-bond donors (Lipinski definition) is 2. The van der Waals surface area contributed by atoms with E-state index < -0.39 is 0 Å². The molecule has 1 heterocycles. The molecule has 1 aromatic carbocycles. The largest absolute Gasteiger partial charge is 0.351 e. The van der Waals surface area contributed by atoms with Crippen LogP contribution in [0.2, 0.25) is 0 Å². The van der Waals surface area contributed by atoms with Gasteiger partial charge in [-0.2, -0.15) is 0 Å². The Bertz CT molecular complexity index is 543. The van der Waals surface area contributed by atoms with Crippen molar-refractivity contribution in [3.05, 3.63) is 29.8 Å². The van der Waals surface area contributed by atoms with Gasteiger partial charge in [0.25, 0.3) is 0 Å². The van der Waals surface area contributed by atoms with E-state index in [0.29, 0.717) is 19.5 Å². The Morgan fingerprint density at radius 1 is 1.22 bits per heavy atom. The molecule has 0 aromatic heterocycles. The summed E-state index contributed by atoms with van der Waals surface area (Å²) in [6, 6.07) is 7.85. The highest BCUT2D eigenvalue weighted by Gasteiger charge is 2.21. The fourth-order valence-corrected chi connectivity index (χ4v) is 2.69. The fraction of sp³-hybridized carbons (Fsp3) is 0.529. The van der Waals surface area contributed by atoms with Crippen molar-refractivity contribution in [2.75, 3.05) is 24.5 Å². The molecule has 6 heteroatoms. The first-order chi connectivity index (χ1) is 10.7. The maximum Gasteiger partial charge on any atom is 0.234 e. The van der Waals surface area contributed by atoms with Crippen molar-refractivity contribution < 1.29 is 9.59 Å². The van der Waals surface area contributed by atoms with E-state index in [1.807, 2.05) is 29.2 Å². The summed E-state index contributed by atoms with van der Waals surface area (Å²) in [5.41, 5.74) is 2.00. The third-order valence-electron chi connectivity index (χ3n) is 4.23. The lowest BCUT2D eigenvalue weighted by molar-refractivity contribution is -0.120. The van der Waals surface area contributed by atoms with Crippen LogP contribution in [-0.4, -0.2) is 31.4 Å². The van der Waals surface area contributed by atoms with Gasteiger partial charge in [0.2, 0.25) is 11.8 Å². The molecule has 1 aromatic rings. The molecule has 0 radical (unpaired) electrons. The van der Waals surface area contributed by atoms with Crippen LogP contribution >= 0.6 is 12.4 Å². The first-order valence-electron chi connectivity index (χ1n) is 8.09. The van der Waals surface area contributed by atoms with Gasteiger partial charge in [-0.3, -0.25) is 9.59 Å². The van der Waals surface area contributed by atoms with E-state index >= 15 is 0 Å². The second kappa shape index (κ2) is 8.31. The lowest BCUT2D eigenvalue weighted by atomic mass is 10.2. The highest BCUT2D eigenvalue weighted by molar-refractivity contribution is 5.95. The summed E-state index contributed by atoms with van der Waals surface area (Å²) in [6.45, 7) is 2.67. The number of halogens is 1. The average Bonchev–Trinajstić information content (AvgIpc) is 3.25. The fourth-order valence-electron chi connectivity index (χ4n) is 2.69. The Hall–Kier alpha value is -1.59. The van der Waals surface area contributed by atoms with E-state index in [4.69, 9.17) is 0 Å². The summed E-state index contributed by atoms with van der Waals surface area (Å²) in [6.07, 6.45) is 4.16. The van der Waals surface area contributed by atoms with Crippen LogP contribution in [0.4, 0.5) is 5.69 Å². The molecule has 5 nitrogen and oxygen atoms in total. The number of hydrogen-bond acceptors (Lipinski definition) is 3. The van der Waals surface area contributed by atoms with Crippen LogP contribution < -0.4 is 15.5 Å². The Morgan fingerprint density at radius 3 is 2.57 bits per heavy atom. The number of carbonyl (C=O) groups excluding carboxylic acids is 2. The molecule has 0 atom stereocenters.